The third-order valence-electron chi connectivity index (χ3n) is 3.41. The molecule has 0 bridgehead atoms. The molecule has 31 heavy (non-hydrogen) atoms. The first kappa shape index (κ1) is 26.1. The van der Waals surface area contributed by atoms with Gasteiger partial charge in [0.15, 0.2) is 5.69 Å². The Bertz CT molecular complexity index is 981. The smallest absolute Gasteiger partial charge is 1.00 e. The van der Waals surface area contributed by atoms with Crippen molar-refractivity contribution in [2.45, 2.75) is 12.5 Å². The topological polar surface area (TPSA) is 125 Å². The third-order valence-corrected chi connectivity index (χ3v) is 3.41. The first-order chi connectivity index (χ1) is 13.7. The summed E-state index contributed by atoms with van der Waals surface area (Å²) in [5, 5.41) is 24.0. The number of hydrogen-bond donors (Lipinski definition) is 1. The van der Waals surface area contributed by atoms with Crippen LogP contribution in [0.4, 0.5) is 43.4 Å². The third kappa shape index (κ3) is 6.80. The molecule has 0 saturated heterocycles. The molecule has 0 fully saturated rings. The molecule has 1 N–H and O–H groups in total. The normalized spacial score (nSPS) is 11.3. The number of carbonyl (C=O) groups is 1. The molecule has 0 aliphatic heterocycles. The van der Waals surface area contributed by atoms with E-state index < -0.39 is 62.2 Å². The summed E-state index contributed by atoms with van der Waals surface area (Å²) in [6, 6.07) is 3.05. The van der Waals surface area contributed by atoms with Gasteiger partial charge < -0.3 is 11.5 Å². The molecule has 1 amide bonds. The fourth-order valence-corrected chi connectivity index (χ4v) is 2.19. The number of amides is 1. The number of nitro groups is 2. The number of benzene rings is 2. The van der Waals surface area contributed by atoms with Gasteiger partial charge in [-0.15, -0.1) is 13.2 Å². The van der Waals surface area contributed by atoms with Crippen LogP contribution in [0.15, 0.2) is 36.4 Å². The van der Waals surface area contributed by atoms with Gasteiger partial charge in [0.1, 0.15) is 5.75 Å². The summed E-state index contributed by atoms with van der Waals surface area (Å²) in [4.78, 5) is 31.7. The van der Waals surface area contributed by atoms with Crippen molar-refractivity contribution in [1.29, 1.82) is 0 Å². The molecule has 162 valence electrons. The monoisotopic (exact) mass is 463 g/mol. The Labute approximate surface area is 191 Å². The van der Waals surface area contributed by atoms with Crippen LogP contribution in [0.3, 0.4) is 0 Å². The summed E-state index contributed by atoms with van der Waals surface area (Å²) in [5.41, 5.74) is -6.03. The Balaban J connectivity index is 0.00000480. The number of nitrogens with zero attached hydrogens (tertiary/aromatic N) is 2. The van der Waals surface area contributed by atoms with Gasteiger partial charge in [-0.2, -0.15) is 13.2 Å². The first-order valence-corrected chi connectivity index (χ1v) is 7.40. The average Bonchev–Trinajstić information content (AvgIpc) is 2.59. The van der Waals surface area contributed by atoms with E-state index in [1.165, 1.54) is 0 Å². The molecule has 9 nitrogen and oxygen atoms in total. The van der Waals surface area contributed by atoms with Crippen LogP contribution >= 0.6 is 0 Å². The zero-order valence-electron chi connectivity index (χ0n) is 16.1. The molecule has 0 unspecified atom stereocenters. The first-order valence-electron chi connectivity index (χ1n) is 7.40. The van der Waals surface area contributed by atoms with Gasteiger partial charge in [-0.05, 0) is 24.3 Å². The number of anilines is 1. The molecule has 16 heteroatoms. The van der Waals surface area contributed by atoms with Crippen molar-refractivity contribution in [1.82, 2.24) is 0 Å². The van der Waals surface area contributed by atoms with Crippen molar-refractivity contribution in [3.8, 4) is 5.75 Å². The predicted octanol–water partition coefficient (Wildman–Crippen LogP) is 1.79. The van der Waals surface area contributed by atoms with Gasteiger partial charge >= 0.3 is 53.5 Å². The Hall–Kier alpha value is -2.91. The summed E-state index contributed by atoms with van der Waals surface area (Å²) in [7, 11) is 0. The fraction of sp³-hybridized carbons (Fsp3) is 0.133. The maximum atomic E-state index is 12.9. The summed E-state index contributed by atoms with van der Waals surface area (Å²) < 4.78 is 78.6. The molecule has 0 spiro atoms. The van der Waals surface area contributed by atoms with Gasteiger partial charge in [-0.25, -0.2) is 0 Å². The maximum Gasteiger partial charge on any atom is 1.00 e. The van der Waals surface area contributed by atoms with Crippen molar-refractivity contribution in [2.24, 2.45) is 0 Å². The van der Waals surface area contributed by atoms with Crippen LogP contribution in [0, 0.1) is 20.2 Å². The van der Waals surface area contributed by atoms with E-state index in [0.29, 0.717) is 0 Å². The minimum Gasteiger partial charge on any atom is -1.00 e. The van der Waals surface area contributed by atoms with Crippen LogP contribution in [-0.2, 0) is 6.18 Å². The molecule has 2 rings (SSSR count). The van der Waals surface area contributed by atoms with Crippen LogP contribution in [0.1, 0.15) is 17.3 Å². The number of hydrogen-bond acceptors (Lipinski definition) is 6. The number of rotatable bonds is 5. The number of carbonyl (C=O) groups excluding carboxylic acids is 1. The van der Waals surface area contributed by atoms with Gasteiger partial charge in [0, 0.05) is 17.7 Å². The molecule has 2 aromatic rings. The Morgan fingerprint density at radius 1 is 0.935 bits per heavy atom. The van der Waals surface area contributed by atoms with Crippen molar-refractivity contribution >= 4 is 23.0 Å². The van der Waals surface area contributed by atoms with E-state index in [9.17, 15) is 51.4 Å². The number of nitrogens with one attached hydrogen (secondary N) is 1. The number of ether oxygens (including phenoxy) is 1. The molecule has 0 radical (unpaired) electrons. The minimum atomic E-state index is -5.15. The van der Waals surface area contributed by atoms with E-state index in [1.807, 2.05) is 0 Å². The van der Waals surface area contributed by atoms with E-state index in [4.69, 9.17) is 0 Å². The van der Waals surface area contributed by atoms with E-state index >= 15 is 0 Å². The number of nitro benzene ring substituents is 2. The average molecular weight is 463 g/mol. The van der Waals surface area contributed by atoms with Crippen molar-refractivity contribution in [2.75, 3.05) is 5.32 Å². The SMILES string of the molecule is O=C(Nc1c([N+](=O)[O-])cc(C(F)(F)F)cc1[N+](=O)[O-])c1ccc(OC(F)(F)F)cc1.[H-].[Na+]. The maximum absolute atomic E-state index is 12.9. The fourth-order valence-electron chi connectivity index (χ4n) is 2.19. The predicted molar refractivity (Wildman–Crippen MR) is 86.9 cm³/mol. The van der Waals surface area contributed by atoms with Crippen LogP contribution < -0.4 is 39.6 Å². The van der Waals surface area contributed by atoms with Crippen LogP contribution in [0.2, 0.25) is 0 Å². The van der Waals surface area contributed by atoms with Gasteiger partial charge in [0.05, 0.1) is 15.4 Å². The van der Waals surface area contributed by atoms with E-state index in [-0.39, 0.29) is 43.1 Å². The van der Waals surface area contributed by atoms with Gasteiger partial charge in [0.2, 0.25) is 0 Å². The van der Waals surface area contributed by atoms with Gasteiger partial charge in [-0.3, -0.25) is 25.0 Å². The molecule has 0 atom stereocenters. The molecular formula is C15H8F6N3NaO6. The van der Waals surface area contributed by atoms with Crippen molar-refractivity contribution in [3.63, 3.8) is 0 Å². The van der Waals surface area contributed by atoms with Gasteiger partial charge in [-0.1, -0.05) is 0 Å². The molecule has 0 aromatic heterocycles. The molecular weight excluding hydrogens is 455 g/mol. The van der Waals surface area contributed by atoms with E-state index in [2.05, 4.69) is 4.74 Å². The van der Waals surface area contributed by atoms with E-state index in [0.717, 1.165) is 24.3 Å². The number of alkyl halides is 6. The Morgan fingerprint density at radius 2 is 1.39 bits per heavy atom. The van der Waals surface area contributed by atoms with Crippen LogP contribution in [-0.4, -0.2) is 22.1 Å². The summed E-state index contributed by atoms with van der Waals surface area (Å²) in [5.74, 6) is -1.97. The second-order valence-electron chi connectivity index (χ2n) is 5.43. The largest absolute Gasteiger partial charge is 1.00 e. The van der Waals surface area contributed by atoms with Crippen LogP contribution in [0.25, 0.3) is 0 Å². The van der Waals surface area contributed by atoms with Gasteiger partial charge in [0.25, 0.3) is 5.91 Å². The minimum absolute atomic E-state index is 0. The van der Waals surface area contributed by atoms with Crippen molar-refractivity contribution in [3.05, 3.63) is 67.8 Å². The molecule has 0 heterocycles. The second-order valence-corrected chi connectivity index (χ2v) is 5.43. The van der Waals surface area contributed by atoms with Crippen molar-refractivity contribution < 1.29 is 76.7 Å². The van der Waals surface area contributed by atoms with E-state index in [1.54, 1.807) is 5.32 Å². The summed E-state index contributed by atoms with van der Waals surface area (Å²) in [6.07, 6.45) is -10.2. The summed E-state index contributed by atoms with van der Waals surface area (Å²) >= 11 is 0. The quantitative estimate of drug-likeness (QED) is 0.312. The molecule has 2 aromatic carbocycles. The zero-order valence-corrected chi connectivity index (χ0v) is 17.1. The Kier molecular flexibility index (Phi) is 7.99. The zero-order chi connectivity index (χ0) is 22.9. The second kappa shape index (κ2) is 9.49. The Morgan fingerprint density at radius 3 is 1.74 bits per heavy atom. The molecule has 0 aliphatic carbocycles. The van der Waals surface area contributed by atoms with Crippen LogP contribution in [0.5, 0.6) is 5.75 Å². The number of halogens is 6. The molecule has 0 aliphatic rings. The standard InChI is InChI=1S/C15H7F6N3O6.Na.H/c16-14(17,18)8-5-10(23(26)27)12(11(6-8)24(28)29)22-13(25)7-1-3-9(4-2-7)30-15(19,20)21;;/h1-6H,(H,22,25);;/q;+1;-1. The molecule has 0 saturated carbocycles. The summed E-state index contributed by atoms with van der Waals surface area (Å²) in [6.45, 7) is 0.